The van der Waals surface area contributed by atoms with Gasteiger partial charge in [-0.15, -0.1) is 0 Å². The molecule has 2 rings (SSSR count). The molecule has 2 fully saturated rings. The molecular weight excluding hydrogens is 264 g/mol. The maximum Gasteiger partial charge on any atom is 0.221 e. The van der Waals surface area contributed by atoms with Gasteiger partial charge in [-0.05, 0) is 32.1 Å². The van der Waals surface area contributed by atoms with E-state index in [-0.39, 0.29) is 11.4 Å². The van der Waals surface area contributed by atoms with E-state index in [4.69, 9.17) is 10.5 Å². The molecular formula is C17H32N2O2. The van der Waals surface area contributed by atoms with Crippen molar-refractivity contribution in [1.29, 1.82) is 0 Å². The van der Waals surface area contributed by atoms with Crippen LogP contribution >= 0.6 is 0 Å². The second-order valence-electron chi connectivity index (χ2n) is 6.93. The quantitative estimate of drug-likeness (QED) is 0.710. The number of nitrogens with one attached hydrogen (secondary N) is 1. The number of carbonyl (C=O) groups excluding carboxylic acids is 1. The van der Waals surface area contributed by atoms with Crippen molar-refractivity contribution in [2.24, 2.45) is 5.73 Å². The molecule has 2 saturated carbocycles. The van der Waals surface area contributed by atoms with E-state index in [0.717, 1.165) is 25.9 Å². The van der Waals surface area contributed by atoms with Crippen molar-refractivity contribution in [2.75, 3.05) is 13.2 Å². The Morgan fingerprint density at radius 1 is 1.10 bits per heavy atom. The molecule has 1 amide bonds. The highest BCUT2D eigenvalue weighted by atomic mass is 16.5. The van der Waals surface area contributed by atoms with Crippen molar-refractivity contribution >= 4 is 5.91 Å². The van der Waals surface area contributed by atoms with Crippen molar-refractivity contribution in [3.63, 3.8) is 0 Å². The van der Waals surface area contributed by atoms with E-state index in [1.807, 2.05) is 0 Å². The molecule has 0 spiro atoms. The molecule has 4 heteroatoms. The molecule has 0 aromatic heterocycles. The Morgan fingerprint density at radius 2 is 1.76 bits per heavy atom. The van der Waals surface area contributed by atoms with E-state index in [0.29, 0.717) is 19.1 Å². The second kappa shape index (κ2) is 8.74. The Morgan fingerprint density at radius 3 is 2.48 bits per heavy atom. The number of carbonyl (C=O) groups is 1. The highest BCUT2D eigenvalue weighted by Gasteiger charge is 2.29. The fraction of sp³-hybridized carbons (Fsp3) is 0.941. The van der Waals surface area contributed by atoms with Crippen molar-refractivity contribution in [3.05, 3.63) is 0 Å². The largest absolute Gasteiger partial charge is 0.378 e. The highest BCUT2D eigenvalue weighted by molar-refractivity contribution is 5.77. The third-order valence-electron chi connectivity index (χ3n) is 4.91. The lowest BCUT2D eigenvalue weighted by atomic mass is 9.80. The van der Waals surface area contributed by atoms with Crippen LogP contribution in [0.4, 0.5) is 0 Å². The van der Waals surface area contributed by atoms with Crippen molar-refractivity contribution in [1.82, 2.24) is 5.32 Å². The minimum absolute atomic E-state index is 0.108. The Balaban J connectivity index is 1.50. The molecule has 0 heterocycles. The van der Waals surface area contributed by atoms with Crippen LogP contribution in [-0.4, -0.2) is 30.7 Å². The minimum atomic E-state index is -0.249. The summed E-state index contributed by atoms with van der Waals surface area (Å²) in [5, 5.41) is 2.99. The van der Waals surface area contributed by atoms with Gasteiger partial charge in [0.25, 0.3) is 0 Å². The molecule has 0 saturated heterocycles. The predicted octanol–water partition coefficient (Wildman–Crippen LogP) is 2.89. The van der Waals surface area contributed by atoms with E-state index < -0.39 is 0 Å². The van der Waals surface area contributed by atoms with Gasteiger partial charge in [-0.2, -0.15) is 0 Å². The lowest BCUT2D eigenvalue weighted by Crippen LogP contribution is -2.46. The molecule has 0 atom stereocenters. The summed E-state index contributed by atoms with van der Waals surface area (Å²) < 4.78 is 5.86. The molecule has 3 N–H and O–H groups in total. The summed E-state index contributed by atoms with van der Waals surface area (Å²) >= 11 is 0. The third kappa shape index (κ3) is 6.35. The van der Waals surface area contributed by atoms with E-state index in [1.165, 1.54) is 51.4 Å². The zero-order valence-corrected chi connectivity index (χ0v) is 13.4. The van der Waals surface area contributed by atoms with Gasteiger partial charge in [-0.25, -0.2) is 0 Å². The lowest BCUT2D eigenvalue weighted by Gasteiger charge is -2.32. The summed E-state index contributed by atoms with van der Waals surface area (Å²) in [5.41, 5.74) is 6.05. The number of amides is 1. The molecule has 0 aliphatic heterocycles. The number of rotatable bonds is 7. The number of hydrogen-bond acceptors (Lipinski definition) is 3. The predicted molar refractivity (Wildman–Crippen MR) is 85.1 cm³/mol. The Bertz CT molecular complexity index is 308. The average Bonchev–Trinajstić information content (AvgIpc) is 2.48. The first kappa shape index (κ1) is 16.8. The van der Waals surface area contributed by atoms with Gasteiger partial charge in [0, 0.05) is 25.1 Å². The molecule has 2 aliphatic carbocycles. The Hall–Kier alpha value is -0.610. The summed E-state index contributed by atoms with van der Waals surface area (Å²) in [4.78, 5) is 11.9. The van der Waals surface area contributed by atoms with Gasteiger partial charge >= 0.3 is 0 Å². The first-order valence-electron chi connectivity index (χ1n) is 8.85. The summed E-state index contributed by atoms with van der Waals surface area (Å²) in [7, 11) is 0. The molecule has 0 bridgehead atoms. The molecule has 0 aromatic rings. The SMILES string of the molecule is NC1(CC(=O)NCCCOC2CCCCC2)CCCCC1. The summed E-state index contributed by atoms with van der Waals surface area (Å²) in [5.74, 6) is 0.108. The molecule has 21 heavy (non-hydrogen) atoms. The van der Waals surface area contributed by atoms with Gasteiger partial charge < -0.3 is 15.8 Å². The molecule has 0 unspecified atom stereocenters. The maximum absolute atomic E-state index is 11.9. The first-order valence-corrected chi connectivity index (χ1v) is 8.85. The fourth-order valence-electron chi connectivity index (χ4n) is 3.60. The summed E-state index contributed by atoms with van der Waals surface area (Å²) in [6.45, 7) is 1.47. The topological polar surface area (TPSA) is 64.4 Å². The number of ether oxygens (including phenoxy) is 1. The number of hydrogen-bond donors (Lipinski definition) is 2. The molecule has 122 valence electrons. The van der Waals surface area contributed by atoms with E-state index in [9.17, 15) is 4.79 Å². The molecule has 4 nitrogen and oxygen atoms in total. The van der Waals surface area contributed by atoms with Crippen LogP contribution in [0.3, 0.4) is 0 Å². The second-order valence-corrected chi connectivity index (χ2v) is 6.93. The Kier molecular flexibility index (Phi) is 6.97. The minimum Gasteiger partial charge on any atom is -0.378 e. The smallest absolute Gasteiger partial charge is 0.221 e. The summed E-state index contributed by atoms with van der Waals surface area (Å²) in [6, 6.07) is 0. The summed E-state index contributed by atoms with van der Waals surface area (Å²) in [6.07, 6.45) is 13.8. The van der Waals surface area contributed by atoms with Crippen molar-refractivity contribution in [3.8, 4) is 0 Å². The van der Waals surface area contributed by atoms with Crippen LogP contribution in [0, 0.1) is 0 Å². The maximum atomic E-state index is 11.9. The molecule has 2 aliphatic rings. The molecule has 0 aromatic carbocycles. The van der Waals surface area contributed by atoms with Crippen LogP contribution in [0.5, 0.6) is 0 Å². The van der Waals surface area contributed by atoms with E-state index >= 15 is 0 Å². The standard InChI is InChI=1S/C17H32N2O2/c18-17(10-5-2-6-11-17)14-16(20)19-12-7-13-21-15-8-3-1-4-9-15/h15H,1-14,18H2,(H,19,20). The third-order valence-corrected chi connectivity index (χ3v) is 4.91. The monoisotopic (exact) mass is 296 g/mol. The zero-order valence-electron chi connectivity index (χ0n) is 13.4. The lowest BCUT2D eigenvalue weighted by molar-refractivity contribution is -0.122. The van der Waals surface area contributed by atoms with Crippen LogP contribution in [0.15, 0.2) is 0 Å². The number of nitrogens with two attached hydrogens (primary N) is 1. The van der Waals surface area contributed by atoms with Gasteiger partial charge in [-0.3, -0.25) is 4.79 Å². The van der Waals surface area contributed by atoms with Crippen LogP contribution in [0.2, 0.25) is 0 Å². The fourth-order valence-corrected chi connectivity index (χ4v) is 3.60. The van der Waals surface area contributed by atoms with Crippen LogP contribution < -0.4 is 11.1 Å². The highest BCUT2D eigenvalue weighted by Crippen LogP contribution is 2.28. The zero-order chi connectivity index (χ0) is 15.0. The van der Waals surface area contributed by atoms with Gasteiger partial charge in [-0.1, -0.05) is 38.5 Å². The van der Waals surface area contributed by atoms with Gasteiger partial charge in [0.2, 0.25) is 5.91 Å². The van der Waals surface area contributed by atoms with Crippen LogP contribution in [0.25, 0.3) is 0 Å². The molecule has 0 radical (unpaired) electrons. The van der Waals surface area contributed by atoms with Crippen molar-refractivity contribution in [2.45, 2.75) is 88.7 Å². The first-order chi connectivity index (χ1) is 10.2. The van der Waals surface area contributed by atoms with E-state index in [1.54, 1.807) is 0 Å². The van der Waals surface area contributed by atoms with Crippen LogP contribution in [0.1, 0.15) is 77.0 Å². The van der Waals surface area contributed by atoms with Crippen LogP contribution in [-0.2, 0) is 9.53 Å². The van der Waals surface area contributed by atoms with E-state index in [2.05, 4.69) is 5.32 Å². The van der Waals surface area contributed by atoms with Gasteiger partial charge in [0.05, 0.1) is 6.10 Å². The Labute approximate surface area is 129 Å². The normalized spacial score (nSPS) is 22.9. The van der Waals surface area contributed by atoms with Gasteiger partial charge in [0.15, 0.2) is 0 Å². The average molecular weight is 296 g/mol. The van der Waals surface area contributed by atoms with Gasteiger partial charge in [0.1, 0.15) is 0 Å². The van der Waals surface area contributed by atoms with Crippen molar-refractivity contribution < 1.29 is 9.53 Å².